The summed E-state index contributed by atoms with van der Waals surface area (Å²) >= 11 is 0. The lowest BCUT2D eigenvalue weighted by Crippen LogP contribution is -2.08. The zero-order valence-corrected chi connectivity index (χ0v) is 10.9. The molecule has 1 aromatic carbocycles. The maximum atomic E-state index is 11.9. The van der Waals surface area contributed by atoms with Gasteiger partial charge in [0, 0.05) is 0 Å². The van der Waals surface area contributed by atoms with Gasteiger partial charge < -0.3 is 9.84 Å². The normalized spacial score (nSPS) is 11.7. The molecule has 0 amide bonds. The van der Waals surface area contributed by atoms with Gasteiger partial charge in [-0.2, -0.15) is 0 Å². The highest BCUT2D eigenvalue weighted by atomic mass is 32.2. The van der Waals surface area contributed by atoms with Crippen molar-refractivity contribution in [2.45, 2.75) is 11.8 Å². The number of carboxylic acid groups (broad SMARTS) is 1. The number of carboxylic acids is 1. The van der Waals surface area contributed by atoms with E-state index in [1.165, 1.54) is 25.3 Å². The Bertz CT molecular complexity index is 572. The van der Waals surface area contributed by atoms with E-state index in [4.69, 9.17) is 9.84 Å². The van der Waals surface area contributed by atoms with Gasteiger partial charge in [-0.3, -0.25) is 0 Å². The van der Waals surface area contributed by atoms with Gasteiger partial charge in [0.2, 0.25) is 0 Å². The molecular formula is C12H14O5S. The van der Waals surface area contributed by atoms with Crippen molar-refractivity contribution >= 4 is 15.8 Å². The monoisotopic (exact) mass is 270 g/mol. The summed E-state index contributed by atoms with van der Waals surface area (Å²) in [5, 5.41) is 8.97. The molecule has 0 saturated heterocycles. The summed E-state index contributed by atoms with van der Waals surface area (Å²) in [4.78, 5) is 11.0. The van der Waals surface area contributed by atoms with Crippen LogP contribution < -0.4 is 4.74 Å². The fourth-order valence-corrected chi connectivity index (χ4v) is 2.58. The number of carbonyl (C=O) groups is 1. The van der Waals surface area contributed by atoms with Gasteiger partial charge in [0.25, 0.3) is 0 Å². The Kier molecular flexibility index (Phi) is 4.49. The molecule has 0 fully saturated rings. The van der Waals surface area contributed by atoms with Crippen LogP contribution in [0.5, 0.6) is 5.75 Å². The minimum absolute atomic E-state index is 0.0289. The molecule has 0 aliphatic carbocycles. The fourth-order valence-electron chi connectivity index (χ4n) is 1.37. The maximum absolute atomic E-state index is 11.9. The number of hydrogen-bond donors (Lipinski definition) is 1. The highest BCUT2D eigenvalue weighted by Crippen LogP contribution is 2.23. The minimum Gasteiger partial charge on any atom is -0.496 e. The minimum atomic E-state index is -3.51. The first-order valence-corrected chi connectivity index (χ1v) is 6.83. The summed E-state index contributed by atoms with van der Waals surface area (Å²) in [5.41, 5.74) is -0.168. The Morgan fingerprint density at radius 1 is 1.44 bits per heavy atom. The second kappa shape index (κ2) is 5.68. The topological polar surface area (TPSA) is 80.7 Å². The Hall–Kier alpha value is -1.82. The number of aromatic carboxylic acids is 1. The van der Waals surface area contributed by atoms with Crippen LogP contribution in [-0.4, -0.2) is 32.4 Å². The lowest BCUT2D eigenvalue weighted by Gasteiger charge is -2.07. The summed E-state index contributed by atoms with van der Waals surface area (Å²) in [6, 6.07) is 3.79. The third-order valence-corrected chi connectivity index (χ3v) is 3.92. The van der Waals surface area contributed by atoms with Gasteiger partial charge in [-0.25, -0.2) is 13.2 Å². The molecule has 0 aliphatic rings. The van der Waals surface area contributed by atoms with E-state index in [2.05, 4.69) is 0 Å². The molecule has 5 nitrogen and oxygen atoms in total. The summed E-state index contributed by atoms with van der Waals surface area (Å²) in [7, 11) is -2.18. The van der Waals surface area contributed by atoms with Gasteiger partial charge in [-0.1, -0.05) is 12.2 Å². The first-order chi connectivity index (χ1) is 8.42. The lowest BCUT2D eigenvalue weighted by atomic mass is 10.2. The molecule has 1 N–H and O–H groups in total. The molecule has 18 heavy (non-hydrogen) atoms. The smallest absolute Gasteiger partial charge is 0.339 e. The number of sulfone groups is 1. The third-order valence-electron chi connectivity index (χ3n) is 2.31. The number of ether oxygens (including phenoxy) is 1. The zero-order valence-electron chi connectivity index (χ0n) is 10.1. The van der Waals surface area contributed by atoms with E-state index >= 15 is 0 Å². The molecule has 6 heteroatoms. The summed E-state index contributed by atoms with van der Waals surface area (Å²) in [6.45, 7) is 1.71. The fraction of sp³-hybridized carbons (Fsp3) is 0.250. The van der Waals surface area contributed by atoms with Crippen LogP contribution in [0, 0.1) is 0 Å². The van der Waals surface area contributed by atoms with Gasteiger partial charge in [0.1, 0.15) is 11.3 Å². The van der Waals surface area contributed by atoms with E-state index in [9.17, 15) is 13.2 Å². The van der Waals surface area contributed by atoms with E-state index in [-0.39, 0.29) is 22.0 Å². The summed E-state index contributed by atoms with van der Waals surface area (Å²) < 4.78 is 28.6. The highest BCUT2D eigenvalue weighted by molar-refractivity contribution is 7.91. The molecule has 0 saturated carbocycles. The second-order valence-electron chi connectivity index (χ2n) is 3.52. The van der Waals surface area contributed by atoms with Crippen molar-refractivity contribution in [1.29, 1.82) is 0 Å². The van der Waals surface area contributed by atoms with Crippen LogP contribution in [0.3, 0.4) is 0 Å². The average molecular weight is 270 g/mol. The molecule has 98 valence electrons. The van der Waals surface area contributed by atoms with Crippen LogP contribution >= 0.6 is 0 Å². The van der Waals surface area contributed by atoms with Crippen LogP contribution in [0.2, 0.25) is 0 Å². The quantitative estimate of drug-likeness (QED) is 0.824. The van der Waals surface area contributed by atoms with Gasteiger partial charge in [0.05, 0.1) is 17.8 Å². The van der Waals surface area contributed by atoms with E-state index in [1.54, 1.807) is 13.0 Å². The standard InChI is InChI=1S/C12H14O5S/c1-3-4-7-18(15,16)9-5-6-11(17-2)10(8-9)12(13)14/h3-6,8H,7H2,1-2H3,(H,13,14)/b4-3+. The number of hydrogen-bond acceptors (Lipinski definition) is 4. The van der Waals surface area contributed by atoms with Crippen molar-refractivity contribution in [1.82, 2.24) is 0 Å². The van der Waals surface area contributed by atoms with Crippen molar-refractivity contribution in [2.75, 3.05) is 12.9 Å². The van der Waals surface area contributed by atoms with Crippen molar-refractivity contribution in [3.63, 3.8) is 0 Å². The molecule has 1 aromatic rings. The highest BCUT2D eigenvalue weighted by Gasteiger charge is 2.18. The predicted molar refractivity (Wildman–Crippen MR) is 66.8 cm³/mol. The second-order valence-corrected chi connectivity index (χ2v) is 5.55. The van der Waals surface area contributed by atoms with Crippen molar-refractivity contribution in [2.24, 2.45) is 0 Å². The number of methoxy groups -OCH3 is 1. The molecule has 0 heterocycles. The average Bonchev–Trinajstić information content (AvgIpc) is 2.35. The van der Waals surface area contributed by atoms with E-state index in [0.717, 1.165) is 6.07 Å². The molecular weight excluding hydrogens is 256 g/mol. The molecule has 0 spiro atoms. The predicted octanol–water partition coefficient (Wildman–Crippen LogP) is 1.74. The van der Waals surface area contributed by atoms with E-state index in [0.29, 0.717) is 0 Å². The first kappa shape index (κ1) is 14.2. The van der Waals surface area contributed by atoms with Crippen LogP contribution in [0.1, 0.15) is 17.3 Å². The molecule has 1 rings (SSSR count). The third kappa shape index (κ3) is 3.10. The van der Waals surface area contributed by atoms with Gasteiger partial charge in [0.15, 0.2) is 9.84 Å². The molecule has 0 aromatic heterocycles. The molecule has 0 atom stereocenters. The Labute approximate surface area is 106 Å². The van der Waals surface area contributed by atoms with E-state index < -0.39 is 15.8 Å². The molecule has 0 radical (unpaired) electrons. The zero-order chi connectivity index (χ0) is 13.8. The van der Waals surface area contributed by atoms with Crippen LogP contribution in [-0.2, 0) is 9.84 Å². The Morgan fingerprint density at radius 2 is 2.11 bits per heavy atom. The summed E-state index contributed by atoms with van der Waals surface area (Å²) in [6.07, 6.45) is 3.12. The van der Waals surface area contributed by atoms with Crippen LogP contribution in [0.15, 0.2) is 35.2 Å². The number of rotatable bonds is 5. The van der Waals surface area contributed by atoms with Crippen LogP contribution in [0.4, 0.5) is 0 Å². The van der Waals surface area contributed by atoms with Crippen LogP contribution in [0.25, 0.3) is 0 Å². The van der Waals surface area contributed by atoms with E-state index in [1.807, 2.05) is 0 Å². The Balaban J connectivity index is 3.28. The first-order valence-electron chi connectivity index (χ1n) is 5.17. The van der Waals surface area contributed by atoms with Crippen molar-refractivity contribution in [3.05, 3.63) is 35.9 Å². The largest absolute Gasteiger partial charge is 0.496 e. The number of allylic oxidation sites excluding steroid dienone is 1. The Morgan fingerprint density at radius 3 is 2.61 bits per heavy atom. The van der Waals surface area contributed by atoms with Gasteiger partial charge in [-0.15, -0.1) is 0 Å². The van der Waals surface area contributed by atoms with Gasteiger partial charge >= 0.3 is 5.97 Å². The van der Waals surface area contributed by atoms with Crippen molar-refractivity contribution < 1.29 is 23.1 Å². The molecule has 0 aliphatic heterocycles. The summed E-state index contributed by atoms with van der Waals surface area (Å²) in [5.74, 6) is -1.25. The van der Waals surface area contributed by atoms with Crippen molar-refractivity contribution in [3.8, 4) is 5.75 Å². The molecule has 0 bridgehead atoms. The molecule has 0 unspecified atom stereocenters. The maximum Gasteiger partial charge on any atom is 0.339 e. The van der Waals surface area contributed by atoms with Gasteiger partial charge in [-0.05, 0) is 25.1 Å². The lowest BCUT2D eigenvalue weighted by molar-refractivity contribution is 0.0693. The SMILES string of the molecule is C/C=C/CS(=O)(=O)c1ccc(OC)c(C(=O)O)c1. The number of benzene rings is 1.